The molecule has 0 radical (unpaired) electrons. The van der Waals surface area contributed by atoms with Gasteiger partial charge in [-0.15, -0.1) is 0 Å². The number of thiocarbonyl (C=S) groups is 1. The standard InChI is InChI=1S/C19H17F3N4S/c1-13-5-2-3-6-14(13)12-26-10-9-17(25-26)24-18(27)23-16-8-4-7-15(11-16)19(20,21)22/h2-11H,12H2,1H3,(H2,23,24,25,27). The molecular weight excluding hydrogens is 373 g/mol. The van der Waals surface area contributed by atoms with Crippen molar-refractivity contribution in [2.24, 2.45) is 0 Å². The topological polar surface area (TPSA) is 41.9 Å². The van der Waals surface area contributed by atoms with Gasteiger partial charge in [-0.2, -0.15) is 18.3 Å². The van der Waals surface area contributed by atoms with Gasteiger partial charge in [-0.3, -0.25) is 4.68 Å². The molecule has 27 heavy (non-hydrogen) atoms. The molecule has 8 heteroatoms. The molecule has 2 N–H and O–H groups in total. The number of rotatable bonds is 4. The van der Waals surface area contributed by atoms with E-state index >= 15 is 0 Å². The molecule has 3 rings (SSSR count). The van der Waals surface area contributed by atoms with Crippen LogP contribution in [0.4, 0.5) is 24.7 Å². The van der Waals surface area contributed by atoms with Crippen LogP contribution in [0.5, 0.6) is 0 Å². The molecule has 0 aliphatic carbocycles. The van der Waals surface area contributed by atoms with Crippen LogP contribution in [0, 0.1) is 6.92 Å². The SMILES string of the molecule is Cc1ccccc1Cn1ccc(NC(=S)Nc2cccc(C(F)(F)F)c2)n1. The number of halogens is 3. The number of nitrogens with one attached hydrogen (secondary N) is 2. The highest BCUT2D eigenvalue weighted by atomic mass is 32.1. The number of hydrogen-bond donors (Lipinski definition) is 2. The summed E-state index contributed by atoms with van der Waals surface area (Å²) in [5.74, 6) is 0.507. The van der Waals surface area contributed by atoms with E-state index < -0.39 is 11.7 Å². The molecule has 0 atom stereocenters. The number of alkyl halides is 3. The second kappa shape index (κ2) is 7.79. The zero-order valence-electron chi connectivity index (χ0n) is 14.4. The summed E-state index contributed by atoms with van der Waals surface area (Å²) in [4.78, 5) is 0. The Bertz CT molecular complexity index is 950. The summed E-state index contributed by atoms with van der Waals surface area (Å²) in [5, 5.41) is 10.2. The van der Waals surface area contributed by atoms with Crippen molar-refractivity contribution in [2.45, 2.75) is 19.6 Å². The number of hydrogen-bond acceptors (Lipinski definition) is 2. The van der Waals surface area contributed by atoms with E-state index in [0.29, 0.717) is 12.4 Å². The smallest absolute Gasteiger partial charge is 0.332 e. The van der Waals surface area contributed by atoms with Gasteiger partial charge >= 0.3 is 6.18 Å². The first kappa shape index (κ1) is 18.9. The third-order valence-electron chi connectivity index (χ3n) is 3.92. The second-order valence-electron chi connectivity index (χ2n) is 5.98. The van der Waals surface area contributed by atoms with E-state index in [1.165, 1.54) is 17.7 Å². The van der Waals surface area contributed by atoms with Crippen molar-refractivity contribution in [3.05, 3.63) is 77.5 Å². The van der Waals surface area contributed by atoms with Crippen LogP contribution in [-0.2, 0) is 12.7 Å². The Morgan fingerprint density at radius 1 is 1.07 bits per heavy atom. The van der Waals surface area contributed by atoms with E-state index in [1.807, 2.05) is 37.4 Å². The van der Waals surface area contributed by atoms with Crippen molar-refractivity contribution < 1.29 is 13.2 Å². The molecule has 0 aliphatic rings. The first-order valence-electron chi connectivity index (χ1n) is 8.14. The van der Waals surface area contributed by atoms with Gasteiger partial charge in [-0.1, -0.05) is 30.3 Å². The Labute approximate surface area is 160 Å². The normalized spacial score (nSPS) is 11.3. The average molecular weight is 390 g/mol. The highest BCUT2D eigenvalue weighted by molar-refractivity contribution is 7.80. The highest BCUT2D eigenvalue weighted by Gasteiger charge is 2.30. The molecule has 0 aliphatic heterocycles. The van der Waals surface area contributed by atoms with E-state index in [4.69, 9.17) is 12.2 Å². The van der Waals surface area contributed by atoms with Gasteiger partial charge in [0, 0.05) is 18.0 Å². The summed E-state index contributed by atoms with van der Waals surface area (Å²) < 4.78 is 40.1. The number of nitrogens with zero attached hydrogens (tertiary/aromatic N) is 2. The van der Waals surface area contributed by atoms with Crippen LogP contribution in [0.1, 0.15) is 16.7 Å². The van der Waals surface area contributed by atoms with Crippen LogP contribution in [0.3, 0.4) is 0 Å². The predicted octanol–water partition coefficient (Wildman–Crippen LogP) is 5.07. The highest BCUT2D eigenvalue weighted by Crippen LogP contribution is 2.30. The van der Waals surface area contributed by atoms with Gasteiger partial charge in [0.25, 0.3) is 0 Å². The van der Waals surface area contributed by atoms with E-state index in [1.54, 1.807) is 10.7 Å². The minimum Gasteiger partial charge on any atom is -0.332 e. The summed E-state index contributed by atoms with van der Waals surface area (Å²) in [6.45, 7) is 2.65. The van der Waals surface area contributed by atoms with Crippen molar-refractivity contribution in [3.63, 3.8) is 0 Å². The van der Waals surface area contributed by atoms with E-state index in [9.17, 15) is 13.2 Å². The molecule has 0 fully saturated rings. The van der Waals surface area contributed by atoms with Crippen molar-refractivity contribution in [1.82, 2.24) is 9.78 Å². The average Bonchev–Trinajstić information content (AvgIpc) is 3.03. The summed E-state index contributed by atoms with van der Waals surface area (Å²) in [5.41, 5.74) is 1.83. The lowest BCUT2D eigenvalue weighted by atomic mass is 10.1. The molecule has 3 aromatic rings. The molecule has 2 aromatic carbocycles. The van der Waals surface area contributed by atoms with Crippen LogP contribution >= 0.6 is 12.2 Å². The second-order valence-corrected chi connectivity index (χ2v) is 6.39. The fourth-order valence-corrected chi connectivity index (χ4v) is 2.75. The van der Waals surface area contributed by atoms with E-state index in [2.05, 4.69) is 15.7 Å². The maximum Gasteiger partial charge on any atom is 0.416 e. The number of aromatic nitrogens is 2. The summed E-state index contributed by atoms with van der Waals surface area (Å²) in [6, 6.07) is 14.6. The first-order chi connectivity index (χ1) is 12.8. The van der Waals surface area contributed by atoms with Crippen LogP contribution in [-0.4, -0.2) is 14.9 Å². The van der Waals surface area contributed by atoms with Crippen molar-refractivity contribution in [2.75, 3.05) is 10.6 Å². The summed E-state index contributed by atoms with van der Waals surface area (Å²) >= 11 is 5.16. The van der Waals surface area contributed by atoms with E-state index in [0.717, 1.165) is 17.7 Å². The van der Waals surface area contributed by atoms with Crippen LogP contribution < -0.4 is 10.6 Å². The Hall–Kier alpha value is -2.87. The minimum atomic E-state index is -4.40. The third-order valence-corrected chi connectivity index (χ3v) is 4.13. The number of benzene rings is 2. The van der Waals surface area contributed by atoms with Gasteiger partial charge in [0.1, 0.15) is 0 Å². The minimum absolute atomic E-state index is 0.162. The maximum atomic E-state index is 12.8. The lowest BCUT2D eigenvalue weighted by molar-refractivity contribution is -0.137. The van der Waals surface area contributed by atoms with Gasteiger partial charge in [0.15, 0.2) is 10.9 Å². The molecule has 1 aromatic heterocycles. The molecule has 1 heterocycles. The van der Waals surface area contributed by atoms with Gasteiger partial charge < -0.3 is 10.6 Å². The monoisotopic (exact) mass is 390 g/mol. The Morgan fingerprint density at radius 2 is 1.85 bits per heavy atom. The van der Waals surface area contributed by atoms with Gasteiger partial charge in [0.2, 0.25) is 0 Å². The van der Waals surface area contributed by atoms with Crippen molar-refractivity contribution >= 4 is 28.8 Å². The summed E-state index contributed by atoms with van der Waals surface area (Å²) in [6.07, 6.45) is -2.59. The van der Waals surface area contributed by atoms with Gasteiger partial charge in [0.05, 0.1) is 12.1 Å². The van der Waals surface area contributed by atoms with Crippen LogP contribution in [0.25, 0.3) is 0 Å². The zero-order valence-corrected chi connectivity index (χ0v) is 15.2. The summed E-state index contributed by atoms with van der Waals surface area (Å²) in [7, 11) is 0. The number of anilines is 2. The fourth-order valence-electron chi connectivity index (χ4n) is 2.53. The number of aryl methyl sites for hydroxylation is 1. The van der Waals surface area contributed by atoms with Gasteiger partial charge in [-0.05, 0) is 48.5 Å². The Morgan fingerprint density at radius 3 is 2.59 bits per heavy atom. The lowest BCUT2D eigenvalue weighted by Crippen LogP contribution is -2.20. The molecule has 0 saturated heterocycles. The quantitative estimate of drug-likeness (QED) is 0.611. The molecule has 0 amide bonds. The molecular formula is C19H17F3N4S. The Balaban J connectivity index is 1.62. The fraction of sp³-hybridized carbons (Fsp3) is 0.158. The van der Waals surface area contributed by atoms with Crippen LogP contribution in [0.15, 0.2) is 60.8 Å². The lowest BCUT2D eigenvalue weighted by Gasteiger charge is -2.11. The molecule has 0 unspecified atom stereocenters. The molecule has 0 saturated carbocycles. The van der Waals surface area contributed by atoms with E-state index in [-0.39, 0.29) is 10.8 Å². The third kappa shape index (κ3) is 5.07. The largest absolute Gasteiger partial charge is 0.416 e. The van der Waals surface area contributed by atoms with Gasteiger partial charge in [-0.25, -0.2) is 0 Å². The van der Waals surface area contributed by atoms with Crippen molar-refractivity contribution in [3.8, 4) is 0 Å². The first-order valence-corrected chi connectivity index (χ1v) is 8.55. The molecule has 0 spiro atoms. The predicted molar refractivity (Wildman–Crippen MR) is 104 cm³/mol. The molecule has 4 nitrogen and oxygen atoms in total. The van der Waals surface area contributed by atoms with Crippen molar-refractivity contribution in [1.29, 1.82) is 0 Å². The zero-order chi connectivity index (χ0) is 19.4. The maximum absolute atomic E-state index is 12.8. The molecule has 140 valence electrons. The Kier molecular flexibility index (Phi) is 5.46. The van der Waals surface area contributed by atoms with Crippen LogP contribution in [0.2, 0.25) is 0 Å². The molecule has 0 bridgehead atoms.